The monoisotopic (exact) mass is 370 g/mol. The van der Waals surface area contributed by atoms with Gasteiger partial charge in [-0.05, 0) is 57.1 Å². The highest BCUT2D eigenvalue weighted by Crippen LogP contribution is 2.18. The van der Waals surface area contributed by atoms with E-state index in [0.29, 0.717) is 13.2 Å². The Labute approximate surface area is 161 Å². The van der Waals surface area contributed by atoms with Crippen molar-refractivity contribution in [3.05, 3.63) is 47.3 Å². The van der Waals surface area contributed by atoms with Crippen molar-refractivity contribution in [1.29, 1.82) is 0 Å². The van der Waals surface area contributed by atoms with E-state index in [2.05, 4.69) is 52.2 Å². The molecule has 2 atom stereocenters. The molecule has 146 valence electrons. The molecule has 2 aliphatic rings. The van der Waals surface area contributed by atoms with E-state index in [0.717, 1.165) is 56.2 Å². The fourth-order valence-electron chi connectivity index (χ4n) is 4.30. The molecular formula is C21H30N4O2. The fourth-order valence-corrected chi connectivity index (χ4v) is 4.30. The van der Waals surface area contributed by atoms with Gasteiger partial charge in [-0.2, -0.15) is 5.10 Å². The van der Waals surface area contributed by atoms with Gasteiger partial charge in [0.05, 0.1) is 36.7 Å². The van der Waals surface area contributed by atoms with Gasteiger partial charge in [-0.15, -0.1) is 0 Å². The van der Waals surface area contributed by atoms with Gasteiger partial charge in [0.1, 0.15) is 0 Å². The van der Waals surface area contributed by atoms with Gasteiger partial charge in [0.2, 0.25) is 0 Å². The number of aryl methyl sites for hydroxylation is 2. The smallest absolute Gasteiger partial charge is 0.0950 e. The second kappa shape index (κ2) is 8.10. The van der Waals surface area contributed by atoms with Gasteiger partial charge < -0.3 is 9.84 Å². The molecule has 0 radical (unpaired) electrons. The second-order valence-electron chi connectivity index (χ2n) is 7.85. The van der Waals surface area contributed by atoms with Crippen molar-refractivity contribution in [3.63, 3.8) is 0 Å². The maximum Gasteiger partial charge on any atom is 0.0950 e. The lowest BCUT2D eigenvalue weighted by atomic mass is 10.1. The Bertz CT molecular complexity index is 775. The Morgan fingerprint density at radius 1 is 1.11 bits per heavy atom. The van der Waals surface area contributed by atoms with Crippen molar-refractivity contribution in [2.75, 3.05) is 39.4 Å². The molecule has 0 amide bonds. The Balaban J connectivity index is 1.41. The molecule has 1 N–H and O–H groups in total. The summed E-state index contributed by atoms with van der Waals surface area (Å²) in [7, 11) is 0. The summed E-state index contributed by atoms with van der Waals surface area (Å²) in [6.45, 7) is 10.3. The van der Waals surface area contributed by atoms with Crippen LogP contribution in [0.3, 0.4) is 0 Å². The molecule has 2 fully saturated rings. The maximum absolute atomic E-state index is 10.1. The van der Waals surface area contributed by atoms with Crippen LogP contribution >= 0.6 is 0 Å². The average molecular weight is 370 g/mol. The number of ether oxygens (including phenoxy) is 1. The van der Waals surface area contributed by atoms with E-state index < -0.39 is 0 Å². The van der Waals surface area contributed by atoms with Crippen molar-refractivity contribution in [2.45, 2.75) is 39.0 Å². The molecule has 6 heteroatoms. The lowest BCUT2D eigenvalue weighted by Gasteiger charge is -2.28. The first-order valence-corrected chi connectivity index (χ1v) is 9.95. The Kier molecular flexibility index (Phi) is 5.59. The molecule has 0 bridgehead atoms. The molecule has 0 spiro atoms. The predicted octanol–water partition coefficient (Wildman–Crippen LogP) is 1.76. The molecule has 1 aromatic heterocycles. The number of nitrogens with zero attached hydrogens (tertiary/aromatic N) is 4. The van der Waals surface area contributed by atoms with Crippen molar-refractivity contribution in [2.24, 2.45) is 0 Å². The third-order valence-corrected chi connectivity index (χ3v) is 5.68. The third-order valence-electron chi connectivity index (χ3n) is 5.68. The highest BCUT2D eigenvalue weighted by Gasteiger charge is 2.32. The summed E-state index contributed by atoms with van der Waals surface area (Å²) in [5, 5.41) is 14.7. The van der Waals surface area contributed by atoms with E-state index in [9.17, 15) is 5.11 Å². The Hall–Kier alpha value is -1.73. The van der Waals surface area contributed by atoms with Crippen LogP contribution in [0, 0.1) is 13.8 Å². The highest BCUT2D eigenvalue weighted by atomic mass is 16.5. The van der Waals surface area contributed by atoms with Gasteiger partial charge in [-0.3, -0.25) is 9.80 Å². The molecule has 0 unspecified atom stereocenters. The van der Waals surface area contributed by atoms with Gasteiger partial charge in [-0.1, -0.05) is 12.1 Å². The Morgan fingerprint density at radius 3 is 2.74 bits per heavy atom. The van der Waals surface area contributed by atoms with Crippen LogP contribution in [0.15, 0.2) is 30.3 Å². The topological polar surface area (TPSA) is 53.8 Å². The summed E-state index contributed by atoms with van der Waals surface area (Å²) in [6, 6.07) is 11.0. The molecule has 0 saturated carbocycles. The molecule has 1 aromatic carbocycles. The largest absolute Gasteiger partial charge is 0.389 e. The normalized spacial score (nSPS) is 25.0. The van der Waals surface area contributed by atoms with E-state index in [1.807, 2.05) is 11.6 Å². The lowest BCUT2D eigenvalue weighted by molar-refractivity contribution is 0.0837. The number of hydrogen-bond donors (Lipinski definition) is 1. The molecule has 2 aliphatic heterocycles. The second-order valence-corrected chi connectivity index (χ2v) is 7.85. The van der Waals surface area contributed by atoms with Crippen LogP contribution in [0.2, 0.25) is 0 Å². The van der Waals surface area contributed by atoms with Crippen LogP contribution in [0.1, 0.15) is 23.4 Å². The van der Waals surface area contributed by atoms with Crippen molar-refractivity contribution >= 4 is 0 Å². The van der Waals surface area contributed by atoms with Gasteiger partial charge in [0.15, 0.2) is 0 Å². The zero-order valence-electron chi connectivity index (χ0n) is 16.3. The average Bonchev–Trinajstić information content (AvgIpc) is 3.14. The highest BCUT2D eigenvalue weighted by molar-refractivity contribution is 5.37. The lowest BCUT2D eigenvalue weighted by Crippen LogP contribution is -2.44. The molecule has 4 rings (SSSR count). The van der Waals surface area contributed by atoms with Crippen LogP contribution in [0.4, 0.5) is 0 Å². The first-order valence-electron chi connectivity index (χ1n) is 9.95. The van der Waals surface area contributed by atoms with Crippen molar-refractivity contribution < 1.29 is 9.84 Å². The van der Waals surface area contributed by atoms with Crippen LogP contribution in [0.25, 0.3) is 5.69 Å². The van der Waals surface area contributed by atoms with E-state index in [1.165, 1.54) is 5.56 Å². The number of benzene rings is 1. The quantitative estimate of drug-likeness (QED) is 0.889. The van der Waals surface area contributed by atoms with E-state index >= 15 is 0 Å². The standard InChI is InChI=1S/C21H30N4O2/c1-16-11-17(2)25(22-16)19-6-3-5-18(12-19)13-23-7-4-8-24(10-9-23)20-14-27-15-21(20)26/h3,5-6,11-12,20-21,26H,4,7-10,13-15H2,1-2H3/t20-,21-/m0/s1. The first kappa shape index (κ1) is 18.6. The molecule has 27 heavy (non-hydrogen) atoms. The van der Waals surface area contributed by atoms with Gasteiger partial charge in [0, 0.05) is 25.3 Å². The summed E-state index contributed by atoms with van der Waals surface area (Å²) in [6.07, 6.45) is 0.786. The summed E-state index contributed by atoms with van der Waals surface area (Å²) >= 11 is 0. The van der Waals surface area contributed by atoms with E-state index in [4.69, 9.17) is 4.74 Å². The minimum absolute atomic E-state index is 0.166. The number of rotatable bonds is 4. The zero-order chi connectivity index (χ0) is 18.8. The van der Waals surface area contributed by atoms with Gasteiger partial charge in [-0.25, -0.2) is 4.68 Å². The predicted molar refractivity (Wildman–Crippen MR) is 105 cm³/mol. The minimum Gasteiger partial charge on any atom is -0.389 e. The van der Waals surface area contributed by atoms with Crippen LogP contribution in [-0.2, 0) is 11.3 Å². The summed E-state index contributed by atoms with van der Waals surface area (Å²) in [5.74, 6) is 0. The SMILES string of the molecule is Cc1cc(C)n(-c2cccc(CN3CCCN([C@H]4COC[C@@H]4O)CC3)c2)n1. The molecular weight excluding hydrogens is 340 g/mol. The Morgan fingerprint density at radius 2 is 2.00 bits per heavy atom. The van der Waals surface area contributed by atoms with Crippen molar-refractivity contribution in [3.8, 4) is 5.69 Å². The van der Waals surface area contributed by atoms with Crippen LogP contribution in [0.5, 0.6) is 0 Å². The first-order chi connectivity index (χ1) is 13.1. The fraction of sp³-hybridized carbons (Fsp3) is 0.571. The number of hydrogen-bond acceptors (Lipinski definition) is 5. The van der Waals surface area contributed by atoms with Crippen molar-refractivity contribution in [1.82, 2.24) is 19.6 Å². The molecule has 3 heterocycles. The zero-order valence-corrected chi connectivity index (χ0v) is 16.3. The number of aliphatic hydroxyl groups is 1. The molecule has 0 aliphatic carbocycles. The molecule has 6 nitrogen and oxygen atoms in total. The van der Waals surface area contributed by atoms with Gasteiger partial charge >= 0.3 is 0 Å². The summed E-state index contributed by atoms with van der Waals surface area (Å²) < 4.78 is 7.46. The number of aliphatic hydroxyl groups excluding tert-OH is 1. The summed E-state index contributed by atoms with van der Waals surface area (Å²) in [5.41, 5.74) is 4.65. The van der Waals surface area contributed by atoms with Crippen LogP contribution < -0.4 is 0 Å². The number of aromatic nitrogens is 2. The minimum atomic E-state index is -0.339. The maximum atomic E-state index is 10.1. The molecule has 2 saturated heterocycles. The van der Waals surface area contributed by atoms with E-state index in [-0.39, 0.29) is 12.1 Å². The van der Waals surface area contributed by atoms with E-state index in [1.54, 1.807) is 0 Å². The summed E-state index contributed by atoms with van der Waals surface area (Å²) in [4.78, 5) is 4.92. The van der Waals surface area contributed by atoms with Gasteiger partial charge in [0.25, 0.3) is 0 Å². The van der Waals surface area contributed by atoms with Crippen LogP contribution in [-0.4, -0.2) is 76.2 Å². The molecule has 2 aromatic rings. The third kappa shape index (κ3) is 4.24.